The quantitative estimate of drug-likeness (QED) is 0.634. The summed E-state index contributed by atoms with van der Waals surface area (Å²) < 4.78 is 6.76. The van der Waals surface area contributed by atoms with E-state index in [0.717, 1.165) is 26.9 Å². The Balaban J connectivity index is 1.59. The number of anilines is 1. The van der Waals surface area contributed by atoms with Crippen molar-refractivity contribution in [3.8, 4) is 11.3 Å². The maximum atomic E-state index is 12.2. The molecule has 0 aliphatic heterocycles. The Kier molecular flexibility index (Phi) is 5.34. The third kappa shape index (κ3) is 4.37. The van der Waals surface area contributed by atoms with Gasteiger partial charge >= 0.3 is 0 Å². The van der Waals surface area contributed by atoms with E-state index in [1.54, 1.807) is 6.20 Å². The molecule has 0 aliphatic carbocycles. The third-order valence-corrected chi connectivity index (χ3v) is 4.66. The zero-order valence-electron chi connectivity index (χ0n) is 14.2. The van der Waals surface area contributed by atoms with Gasteiger partial charge in [-0.3, -0.25) is 4.79 Å². The number of hydrogen-bond acceptors (Lipinski definition) is 3. The second kappa shape index (κ2) is 7.66. The van der Waals surface area contributed by atoms with Crippen LogP contribution in [0.4, 0.5) is 5.69 Å². The molecule has 2 aromatic carbocycles. The minimum atomic E-state index is -0.0444. The maximum Gasteiger partial charge on any atom is 0.224 e. The topological polar surface area (TPSA) is 55.1 Å². The molecular weight excluding hydrogens is 380 g/mol. The van der Waals surface area contributed by atoms with Crippen molar-refractivity contribution in [1.82, 2.24) is 4.98 Å². The molecule has 0 saturated carbocycles. The van der Waals surface area contributed by atoms with E-state index >= 15 is 0 Å². The zero-order valence-corrected chi connectivity index (χ0v) is 15.8. The van der Waals surface area contributed by atoms with Crippen molar-refractivity contribution in [3.63, 3.8) is 0 Å². The van der Waals surface area contributed by atoms with Gasteiger partial charge in [0.1, 0.15) is 0 Å². The number of carbonyl (C=O) groups is 1. The first-order valence-electron chi connectivity index (χ1n) is 8.09. The molecule has 1 N–H and O–H groups in total. The number of oxazole rings is 1. The fraction of sp³-hybridized carbons (Fsp3) is 0.200. The highest BCUT2D eigenvalue weighted by Gasteiger charge is 2.10. The molecule has 5 heteroatoms. The number of aromatic nitrogens is 1. The molecule has 1 aromatic heterocycles. The third-order valence-electron chi connectivity index (χ3n) is 4.13. The lowest BCUT2D eigenvalue weighted by Gasteiger charge is -2.09. The largest absolute Gasteiger partial charge is 0.441 e. The number of amides is 1. The number of rotatable bonds is 5. The van der Waals surface area contributed by atoms with Gasteiger partial charge in [0.25, 0.3) is 0 Å². The Labute approximate surface area is 155 Å². The summed E-state index contributed by atoms with van der Waals surface area (Å²) in [5.74, 6) is 1.23. The average molecular weight is 399 g/mol. The summed E-state index contributed by atoms with van der Waals surface area (Å²) in [5.41, 5.74) is 4.06. The molecule has 25 heavy (non-hydrogen) atoms. The zero-order chi connectivity index (χ0) is 17.8. The van der Waals surface area contributed by atoms with Gasteiger partial charge in [0, 0.05) is 28.6 Å². The van der Waals surface area contributed by atoms with Crippen LogP contribution in [0.5, 0.6) is 0 Å². The second-order valence-corrected chi connectivity index (χ2v) is 6.84. The Morgan fingerprint density at radius 1 is 1.16 bits per heavy atom. The minimum absolute atomic E-state index is 0.0444. The molecule has 0 bridgehead atoms. The average Bonchev–Trinajstić information content (AvgIpc) is 3.07. The standard InChI is InChI=1S/C20H19BrN2O2/c1-13-4-3-5-17(14(13)2)23-19(24)10-11-20-22-12-18(25-20)15-6-8-16(21)9-7-15/h3-9,12H,10-11H2,1-2H3,(H,23,24). The predicted molar refractivity (Wildman–Crippen MR) is 103 cm³/mol. The highest BCUT2D eigenvalue weighted by Crippen LogP contribution is 2.23. The van der Waals surface area contributed by atoms with E-state index in [1.165, 1.54) is 0 Å². The van der Waals surface area contributed by atoms with Crippen molar-refractivity contribution in [3.05, 3.63) is 70.2 Å². The number of carbonyl (C=O) groups excluding carboxylic acids is 1. The van der Waals surface area contributed by atoms with E-state index < -0.39 is 0 Å². The summed E-state index contributed by atoms with van der Waals surface area (Å²) in [4.78, 5) is 16.4. The van der Waals surface area contributed by atoms with E-state index in [0.29, 0.717) is 24.5 Å². The van der Waals surface area contributed by atoms with Crippen LogP contribution in [0, 0.1) is 13.8 Å². The van der Waals surface area contributed by atoms with Gasteiger partial charge in [0.05, 0.1) is 6.20 Å². The highest BCUT2D eigenvalue weighted by atomic mass is 79.9. The van der Waals surface area contributed by atoms with Crippen molar-refractivity contribution in [2.24, 2.45) is 0 Å². The first-order valence-corrected chi connectivity index (χ1v) is 8.89. The van der Waals surface area contributed by atoms with Gasteiger partial charge in [-0.15, -0.1) is 0 Å². The van der Waals surface area contributed by atoms with Crippen LogP contribution in [-0.4, -0.2) is 10.9 Å². The number of halogens is 1. The normalized spacial score (nSPS) is 10.7. The Morgan fingerprint density at radius 3 is 2.68 bits per heavy atom. The fourth-order valence-corrected chi connectivity index (χ4v) is 2.76. The smallest absolute Gasteiger partial charge is 0.224 e. The van der Waals surface area contributed by atoms with Crippen LogP contribution in [0.15, 0.2) is 57.6 Å². The molecule has 0 spiro atoms. The molecule has 128 valence electrons. The maximum absolute atomic E-state index is 12.2. The van der Waals surface area contributed by atoms with Gasteiger partial charge in [0.15, 0.2) is 11.7 Å². The molecule has 0 saturated heterocycles. The van der Waals surface area contributed by atoms with Crippen LogP contribution >= 0.6 is 15.9 Å². The first kappa shape index (κ1) is 17.4. The molecule has 0 radical (unpaired) electrons. The molecule has 0 atom stereocenters. The van der Waals surface area contributed by atoms with Crippen LogP contribution in [0.3, 0.4) is 0 Å². The lowest BCUT2D eigenvalue weighted by molar-refractivity contribution is -0.116. The van der Waals surface area contributed by atoms with Gasteiger partial charge in [-0.05, 0) is 43.2 Å². The Morgan fingerprint density at radius 2 is 1.92 bits per heavy atom. The van der Waals surface area contributed by atoms with Crippen LogP contribution < -0.4 is 5.32 Å². The SMILES string of the molecule is Cc1cccc(NC(=O)CCc2ncc(-c3ccc(Br)cc3)o2)c1C. The summed E-state index contributed by atoms with van der Waals surface area (Å²) in [6.07, 6.45) is 2.49. The number of hydrogen-bond donors (Lipinski definition) is 1. The summed E-state index contributed by atoms with van der Waals surface area (Å²) >= 11 is 3.41. The monoisotopic (exact) mass is 398 g/mol. The molecule has 0 fully saturated rings. The van der Waals surface area contributed by atoms with E-state index in [9.17, 15) is 4.79 Å². The number of nitrogens with zero attached hydrogens (tertiary/aromatic N) is 1. The van der Waals surface area contributed by atoms with Crippen LogP contribution in [0.1, 0.15) is 23.4 Å². The minimum Gasteiger partial charge on any atom is -0.441 e. The van der Waals surface area contributed by atoms with Crippen LogP contribution in [-0.2, 0) is 11.2 Å². The first-order chi connectivity index (χ1) is 12.0. The lowest BCUT2D eigenvalue weighted by Crippen LogP contribution is -2.13. The highest BCUT2D eigenvalue weighted by molar-refractivity contribution is 9.10. The molecule has 0 unspecified atom stereocenters. The van der Waals surface area contributed by atoms with Gasteiger partial charge in [-0.2, -0.15) is 0 Å². The van der Waals surface area contributed by atoms with Gasteiger partial charge in [-0.25, -0.2) is 4.98 Å². The van der Waals surface area contributed by atoms with Crippen molar-refractivity contribution in [1.29, 1.82) is 0 Å². The van der Waals surface area contributed by atoms with E-state index in [-0.39, 0.29) is 5.91 Å². The predicted octanol–water partition coefficient (Wildman–Crippen LogP) is 5.29. The molecular formula is C20H19BrN2O2. The number of benzene rings is 2. The Hall–Kier alpha value is -2.40. The number of aryl methyl sites for hydroxylation is 2. The van der Waals surface area contributed by atoms with E-state index in [1.807, 2.05) is 56.3 Å². The van der Waals surface area contributed by atoms with Crippen molar-refractivity contribution < 1.29 is 9.21 Å². The summed E-state index contributed by atoms with van der Waals surface area (Å²) in [6, 6.07) is 13.7. The van der Waals surface area contributed by atoms with Gasteiger partial charge < -0.3 is 9.73 Å². The number of nitrogens with one attached hydrogen (secondary N) is 1. The van der Waals surface area contributed by atoms with E-state index in [2.05, 4.69) is 26.2 Å². The fourth-order valence-electron chi connectivity index (χ4n) is 2.49. The van der Waals surface area contributed by atoms with Crippen LogP contribution in [0.2, 0.25) is 0 Å². The van der Waals surface area contributed by atoms with Gasteiger partial charge in [-0.1, -0.05) is 40.2 Å². The molecule has 4 nitrogen and oxygen atoms in total. The summed E-state index contributed by atoms with van der Waals surface area (Å²) in [6.45, 7) is 4.03. The van der Waals surface area contributed by atoms with Crippen molar-refractivity contribution in [2.45, 2.75) is 26.7 Å². The molecule has 3 rings (SSSR count). The summed E-state index contributed by atoms with van der Waals surface area (Å²) in [5, 5.41) is 2.95. The molecule has 1 amide bonds. The van der Waals surface area contributed by atoms with Crippen LogP contribution in [0.25, 0.3) is 11.3 Å². The van der Waals surface area contributed by atoms with Crippen molar-refractivity contribution in [2.75, 3.05) is 5.32 Å². The second-order valence-electron chi connectivity index (χ2n) is 5.92. The van der Waals surface area contributed by atoms with E-state index in [4.69, 9.17) is 4.42 Å². The molecule has 0 aliphatic rings. The Bertz CT molecular complexity index is 885. The van der Waals surface area contributed by atoms with Crippen molar-refractivity contribution >= 4 is 27.5 Å². The van der Waals surface area contributed by atoms with Gasteiger partial charge in [0.2, 0.25) is 5.91 Å². The summed E-state index contributed by atoms with van der Waals surface area (Å²) in [7, 11) is 0. The molecule has 3 aromatic rings. The lowest BCUT2D eigenvalue weighted by atomic mass is 10.1. The molecule has 1 heterocycles.